The normalized spacial score (nSPS) is 19.7. The minimum atomic E-state index is -0.725. The summed E-state index contributed by atoms with van der Waals surface area (Å²) in [4.78, 5) is 10.7. The van der Waals surface area contributed by atoms with Crippen LogP contribution < -0.4 is 0 Å². The Labute approximate surface area is 194 Å². The molecule has 1 aliphatic carbocycles. The summed E-state index contributed by atoms with van der Waals surface area (Å²) in [6.07, 6.45) is 14.6. The van der Waals surface area contributed by atoms with Crippen LogP contribution in [-0.2, 0) is 11.2 Å². The SMILES string of the molecule is CCCCC[C@H](O)/C=C/[C@@H]1C(CCCCCCC(=O)O)=C(CCc2ccccc2)C[C@H]1O. The van der Waals surface area contributed by atoms with E-state index < -0.39 is 18.2 Å². The van der Waals surface area contributed by atoms with Crippen LogP contribution in [0.4, 0.5) is 0 Å². The molecule has 0 heterocycles. The summed E-state index contributed by atoms with van der Waals surface area (Å²) in [6, 6.07) is 10.5. The van der Waals surface area contributed by atoms with E-state index in [2.05, 4.69) is 31.2 Å². The molecule has 0 radical (unpaired) electrons. The van der Waals surface area contributed by atoms with Crippen LogP contribution in [0.15, 0.2) is 53.6 Å². The number of unbranched alkanes of at least 4 members (excludes halogenated alkanes) is 5. The molecule has 32 heavy (non-hydrogen) atoms. The molecular weight excluding hydrogens is 400 g/mol. The second-order valence-electron chi connectivity index (χ2n) is 9.17. The zero-order valence-electron chi connectivity index (χ0n) is 19.7. The van der Waals surface area contributed by atoms with Gasteiger partial charge in [-0.1, -0.05) is 92.7 Å². The van der Waals surface area contributed by atoms with Gasteiger partial charge in [0, 0.05) is 12.3 Å². The van der Waals surface area contributed by atoms with Crippen molar-refractivity contribution in [1.82, 2.24) is 0 Å². The highest BCUT2D eigenvalue weighted by molar-refractivity contribution is 5.66. The summed E-state index contributed by atoms with van der Waals surface area (Å²) in [6.45, 7) is 2.16. The number of aliphatic carboxylic acids is 1. The fourth-order valence-corrected chi connectivity index (χ4v) is 4.66. The van der Waals surface area contributed by atoms with Crippen molar-refractivity contribution in [3.8, 4) is 0 Å². The molecule has 178 valence electrons. The standard InChI is InChI=1S/C28H42O4/c1-2-3-7-14-24(29)19-20-26-25(15-10-4-5-11-16-28(31)32)23(21-27(26)30)18-17-22-12-8-6-9-13-22/h6,8-9,12-13,19-20,24,26-27,29-30H,2-5,7,10-11,14-18,21H2,1H3,(H,31,32)/b20-19+/t24-,26+,27+/m0/s1. The third-order valence-electron chi connectivity index (χ3n) is 6.52. The van der Waals surface area contributed by atoms with Gasteiger partial charge in [-0.05, 0) is 50.5 Å². The number of aryl methyl sites for hydroxylation is 1. The first-order valence-electron chi connectivity index (χ1n) is 12.5. The van der Waals surface area contributed by atoms with Crippen LogP contribution in [0.3, 0.4) is 0 Å². The van der Waals surface area contributed by atoms with Gasteiger partial charge in [-0.2, -0.15) is 0 Å². The number of carboxylic acids is 1. The van der Waals surface area contributed by atoms with Gasteiger partial charge in [0.1, 0.15) is 0 Å². The highest BCUT2D eigenvalue weighted by Gasteiger charge is 2.31. The lowest BCUT2D eigenvalue weighted by atomic mass is 9.91. The average molecular weight is 443 g/mol. The minimum absolute atomic E-state index is 0.0133. The molecule has 0 bridgehead atoms. The highest BCUT2D eigenvalue weighted by Crippen LogP contribution is 2.39. The lowest BCUT2D eigenvalue weighted by molar-refractivity contribution is -0.137. The maximum absolute atomic E-state index is 10.8. The number of aliphatic hydroxyl groups is 2. The van der Waals surface area contributed by atoms with E-state index in [0.29, 0.717) is 6.42 Å². The lowest BCUT2D eigenvalue weighted by Crippen LogP contribution is -2.15. The molecule has 0 unspecified atom stereocenters. The molecule has 1 aromatic rings. The number of carboxylic acid groups (broad SMARTS) is 1. The molecule has 0 fully saturated rings. The summed E-state index contributed by atoms with van der Waals surface area (Å²) in [5.74, 6) is -0.738. The Morgan fingerprint density at radius 1 is 1.03 bits per heavy atom. The largest absolute Gasteiger partial charge is 0.481 e. The Kier molecular flexibility index (Phi) is 12.4. The van der Waals surface area contributed by atoms with Gasteiger partial charge in [-0.3, -0.25) is 4.79 Å². The van der Waals surface area contributed by atoms with E-state index in [4.69, 9.17) is 5.11 Å². The molecule has 4 heteroatoms. The average Bonchev–Trinajstić information content (AvgIpc) is 3.08. The smallest absolute Gasteiger partial charge is 0.303 e. The number of benzene rings is 1. The van der Waals surface area contributed by atoms with E-state index in [0.717, 1.165) is 70.6 Å². The summed E-state index contributed by atoms with van der Waals surface area (Å²) in [5, 5.41) is 29.9. The van der Waals surface area contributed by atoms with Crippen molar-refractivity contribution in [2.45, 2.75) is 103 Å². The molecule has 3 N–H and O–H groups in total. The van der Waals surface area contributed by atoms with E-state index in [1.165, 1.54) is 16.7 Å². The first kappa shape index (κ1) is 26.3. The molecule has 2 rings (SSSR count). The van der Waals surface area contributed by atoms with Crippen LogP contribution in [-0.4, -0.2) is 33.5 Å². The maximum Gasteiger partial charge on any atom is 0.303 e. The minimum Gasteiger partial charge on any atom is -0.481 e. The molecule has 0 aromatic heterocycles. The number of aliphatic hydroxyl groups excluding tert-OH is 2. The molecule has 0 saturated carbocycles. The lowest BCUT2D eigenvalue weighted by Gasteiger charge is -2.16. The van der Waals surface area contributed by atoms with E-state index in [-0.39, 0.29) is 12.3 Å². The summed E-state index contributed by atoms with van der Waals surface area (Å²) in [5.41, 5.74) is 4.01. The molecule has 0 spiro atoms. The van der Waals surface area contributed by atoms with Crippen molar-refractivity contribution in [2.24, 2.45) is 5.92 Å². The quantitative estimate of drug-likeness (QED) is 0.210. The molecule has 0 aliphatic heterocycles. The van der Waals surface area contributed by atoms with Crippen LogP contribution in [0.5, 0.6) is 0 Å². The predicted octanol–water partition coefficient (Wildman–Crippen LogP) is 6.22. The fourth-order valence-electron chi connectivity index (χ4n) is 4.66. The summed E-state index contributed by atoms with van der Waals surface area (Å²) >= 11 is 0. The van der Waals surface area contributed by atoms with Crippen molar-refractivity contribution in [3.05, 3.63) is 59.2 Å². The Hall–Kier alpha value is -1.91. The van der Waals surface area contributed by atoms with Crippen molar-refractivity contribution in [1.29, 1.82) is 0 Å². The molecule has 3 atom stereocenters. The van der Waals surface area contributed by atoms with Crippen LogP contribution in [0, 0.1) is 5.92 Å². The first-order valence-corrected chi connectivity index (χ1v) is 12.5. The third-order valence-corrected chi connectivity index (χ3v) is 6.52. The van der Waals surface area contributed by atoms with Crippen LogP contribution in [0.2, 0.25) is 0 Å². The molecule has 0 amide bonds. The molecule has 0 saturated heterocycles. The highest BCUT2D eigenvalue weighted by atomic mass is 16.4. The second kappa shape index (κ2) is 15.0. The number of carbonyl (C=O) groups is 1. The van der Waals surface area contributed by atoms with Crippen LogP contribution in [0.1, 0.15) is 89.5 Å². The van der Waals surface area contributed by atoms with E-state index in [9.17, 15) is 15.0 Å². The van der Waals surface area contributed by atoms with Crippen LogP contribution in [0.25, 0.3) is 0 Å². The Bertz CT molecular complexity index is 722. The maximum atomic E-state index is 10.8. The van der Waals surface area contributed by atoms with Crippen molar-refractivity contribution < 1.29 is 20.1 Å². The number of hydrogen-bond donors (Lipinski definition) is 3. The van der Waals surface area contributed by atoms with Gasteiger partial charge >= 0.3 is 5.97 Å². The van der Waals surface area contributed by atoms with Crippen LogP contribution >= 0.6 is 0 Å². The van der Waals surface area contributed by atoms with E-state index in [1.54, 1.807) is 0 Å². The first-order chi connectivity index (χ1) is 15.5. The summed E-state index contributed by atoms with van der Waals surface area (Å²) < 4.78 is 0. The van der Waals surface area contributed by atoms with Gasteiger partial charge in [0.05, 0.1) is 12.2 Å². The fraction of sp³-hybridized carbons (Fsp3) is 0.607. The van der Waals surface area contributed by atoms with Gasteiger partial charge in [0.2, 0.25) is 0 Å². The molecular formula is C28H42O4. The molecule has 1 aliphatic rings. The Balaban J connectivity index is 2.00. The van der Waals surface area contributed by atoms with Gasteiger partial charge in [0.15, 0.2) is 0 Å². The number of hydrogen-bond acceptors (Lipinski definition) is 3. The zero-order valence-corrected chi connectivity index (χ0v) is 19.7. The van der Waals surface area contributed by atoms with Gasteiger partial charge < -0.3 is 15.3 Å². The van der Waals surface area contributed by atoms with Crippen molar-refractivity contribution >= 4 is 5.97 Å². The Morgan fingerprint density at radius 2 is 1.78 bits per heavy atom. The molecule has 1 aromatic carbocycles. The molecule has 4 nitrogen and oxygen atoms in total. The third kappa shape index (κ3) is 9.70. The number of rotatable bonds is 16. The van der Waals surface area contributed by atoms with Gasteiger partial charge in [-0.25, -0.2) is 0 Å². The van der Waals surface area contributed by atoms with E-state index >= 15 is 0 Å². The topological polar surface area (TPSA) is 77.8 Å². The second-order valence-corrected chi connectivity index (χ2v) is 9.17. The zero-order chi connectivity index (χ0) is 23.2. The van der Waals surface area contributed by atoms with Crippen molar-refractivity contribution in [3.63, 3.8) is 0 Å². The summed E-state index contributed by atoms with van der Waals surface area (Å²) in [7, 11) is 0. The monoisotopic (exact) mass is 442 g/mol. The Morgan fingerprint density at radius 3 is 2.50 bits per heavy atom. The van der Waals surface area contributed by atoms with Gasteiger partial charge in [0.25, 0.3) is 0 Å². The van der Waals surface area contributed by atoms with E-state index in [1.807, 2.05) is 18.2 Å². The van der Waals surface area contributed by atoms with Gasteiger partial charge in [-0.15, -0.1) is 0 Å². The van der Waals surface area contributed by atoms with Crippen molar-refractivity contribution in [2.75, 3.05) is 0 Å². The predicted molar refractivity (Wildman–Crippen MR) is 131 cm³/mol.